The Kier molecular flexibility index (Phi) is 6.82. The van der Waals surface area contributed by atoms with Gasteiger partial charge in [-0.15, -0.1) is 0 Å². The quantitative estimate of drug-likeness (QED) is 0.752. The Labute approximate surface area is 171 Å². The summed E-state index contributed by atoms with van der Waals surface area (Å²) in [6, 6.07) is 9.08. The van der Waals surface area contributed by atoms with E-state index in [2.05, 4.69) is 27.6 Å². The van der Waals surface area contributed by atoms with Crippen LogP contribution in [0.2, 0.25) is 0 Å². The van der Waals surface area contributed by atoms with Gasteiger partial charge in [-0.05, 0) is 63.5 Å². The highest BCUT2D eigenvalue weighted by atomic mass is 16.5. The molecule has 2 N–H and O–H groups in total. The van der Waals surface area contributed by atoms with Gasteiger partial charge in [-0.3, -0.25) is 14.6 Å². The third-order valence-corrected chi connectivity index (χ3v) is 5.38. The first-order valence-electron chi connectivity index (χ1n) is 9.88. The van der Waals surface area contributed by atoms with Crippen LogP contribution in [0, 0.1) is 6.92 Å². The summed E-state index contributed by atoms with van der Waals surface area (Å²) in [6.07, 6.45) is 4.87. The van der Waals surface area contributed by atoms with Gasteiger partial charge in [0.2, 0.25) is 0 Å². The zero-order valence-corrected chi connectivity index (χ0v) is 17.2. The van der Waals surface area contributed by atoms with Crippen LogP contribution in [0.25, 0.3) is 0 Å². The third-order valence-electron chi connectivity index (χ3n) is 5.38. The van der Waals surface area contributed by atoms with E-state index in [1.54, 1.807) is 24.3 Å². The smallest absolute Gasteiger partial charge is 0.274 e. The molecule has 2 heterocycles. The number of ether oxygens (including phenoxy) is 1. The lowest BCUT2D eigenvalue weighted by molar-refractivity contribution is 0.0949. The van der Waals surface area contributed by atoms with E-state index in [-0.39, 0.29) is 17.5 Å². The average Bonchev–Trinajstić information content (AvgIpc) is 3.14. The van der Waals surface area contributed by atoms with Crippen LogP contribution in [-0.4, -0.2) is 55.0 Å². The summed E-state index contributed by atoms with van der Waals surface area (Å²) >= 11 is 0. The molecular formula is C22H28N4O3. The number of aryl methyl sites for hydroxylation is 1. The second kappa shape index (κ2) is 9.52. The Balaban J connectivity index is 1.62. The van der Waals surface area contributed by atoms with Crippen molar-refractivity contribution in [2.45, 2.75) is 32.2 Å². The van der Waals surface area contributed by atoms with Crippen LogP contribution in [0.1, 0.15) is 45.7 Å². The van der Waals surface area contributed by atoms with Crippen molar-refractivity contribution in [3.05, 3.63) is 53.3 Å². The van der Waals surface area contributed by atoms with Crippen LogP contribution in [-0.2, 0) is 0 Å². The molecule has 7 nitrogen and oxygen atoms in total. The summed E-state index contributed by atoms with van der Waals surface area (Å²) in [7, 11) is 3.67. The van der Waals surface area contributed by atoms with Crippen LogP contribution < -0.4 is 15.4 Å². The lowest BCUT2D eigenvalue weighted by atomic mass is 10.1. The normalized spacial score (nSPS) is 16.4. The van der Waals surface area contributed by atoms with E-state index in [1.165, 1.54) is 26.1 Å². The molecule has 1 aromatic carbocycles. The van der Waals surface area contributed by atoms with Gasteiger partial charge in [0.05, 0.1) is 7.11 Å². The molecule has 1 aliphatic heterocycles. The van der Waals surface area contributed by atoms with Gasteiger partial charge in [0.15, 0.2) is 0 Å². The number of anilines is 1. The van der Waals surface area contributed by atoms with Crippen molar-refractivity contribution < 1.29 is 14.3 Å². The zero-order chi connectivity index (χ0) is 20.8. The number of pyridine rings is 1. The number of aromatic nitrogens is 1. The molecule has 1 aromatic heterocycles. The average molecular weight is 396 g/mol. The van der Waals surface area contributed by atoms with Crippen molar-refractivity contribution in [2.24, 2.45) is 0 Å². The molecule has 29 heavy (non-hydrogen) atoms. The minimum atomic E-state index is -0.353. The number of carbonyl (C=O) groups is 2. The van der Waals surface area contributed by atoms with Gasteiger partial charge in [-0.25, -0.2) is 0 Å². The summed E-state index contributed by atoms with van der Waals surface area (Å²) < 4.78 is 5.13. The number of amides is 2. The third kappa shape index (κ3) is 5.32. The monoisotopic (exact) mass is 396 g/mol. The molecule has 0 aliphatic carbocycles. The minimum Gasteiger partial charge on any atom is -0.497 e. The maximum atomic E-state index is 12.5. The number of nitrogens with one attached hydrogen (secondary N) is 2. The van der Waals surface area contributed by atoms with Gasteiger partial charge < -0.3 is 20.3 Å². The number of methoxy groups -OCH3 is 1. The molecule has 7 heteroatoms. The van der Waals surface area contributed by atoms with E-state index in [0.717, 1.165) is 18.5 Å². The van der Waals surface area contributed by atoms with Crippen LogP contribution in [0.3, 0.4) is 0 Å². The van der Waals surface area contributed by atoms with Crippen LogP contribution in [0.4, 0.5) is 5.69 Å². The Morgan fingerprint density at radius 1 is 1.24 bits per heavy atom. The molecule has 2 amide bonds. The lowest BCUT2D eigenvalue weighted by Gasteiger charge is -2.19. The Morgan fingerprint density at radius 3 is 2.79 bits per heavy atom. The molecule has 0 saturated carbocycles. The summed E-state index contributed by atoms with van der Waals surface area (Å²) in [6.45, 7) is 3.64. The van der Waals surface area contributed by atoms with E-state index in [9.17, 15) is 9.59 Å². The number of rotatable bonds is 7. The van der Waals surface area contributed by atoms with E-state index in [1.807, 2.05) is 13.0 Å². The van der Waals surface area contributed by atoms with E-state index >= 15 is 0 Å². The first-order chi connectivity index (χ1) is 14.0. The molecular weight excluding hydrogens is 368 g/mol. The summed E-state index contributed by atoms with van der Waals surface area (Å²) in [5.74, 6) is 0.0670. The van der Waals surface area contributed by atoms with Crippen LogP contribution in [0.15, 0.2) is 36.5 Å². The molecule has 1 aliphatic rings. The van der Waals surface area contributed by atoms with Gasteiger partial charge in [-0.1, -0.05) is 6.07 Å². The van der Waals surface area contributed by atoms with Crippen molar-refractivity contribution in [2.75, 3.05) is 32.6 Å². The molecule has 0 spiro atoms. The zero-order valence-electron chi connectivity index (χ0n) is 17.2. The number of hydrogen-bond donors (Lipinski definition) is 2. The highest BCUT2D eigenvalue weighted by Crippen LogP contribution is 2.20. The fourth-order valence-electron chi connectivity index (χ4n) is 3.54. The van der Waals surface area contributed by atoms with Crippen LogP contribution >= 0.6 is 0 Å². The standard InChI is InChI=1S/C22H28N4O3/c1-15-6-7-16(21(27)24-10-8-17-5-4-12-26(17)2)13-19(15)25-22(28)20-14-18(29-3)9-11-23-20/h6-7,9,11,13-14,17H,4-5,8,10,12H2,1-3H3,(H,24,27)(H,25,28). The van der Waals surface area contributed by atoms with E-state index < -0.39 is 0 Å². The second-order valence-corrected chi connectivity index (χ2v) is 7.39. The topological polar surface area (TPSA) is 83.6 Å². The summed E-state index contributed by atoms with van der Waals surface area (Å²) in [4.78, 5) is 31.5. The molecule has 2 aromatic rings. The van der Waals surface area contributed by atoms with Crippen LogP contribution in [0.5, 0.6) is 5.75 Å². The number of carbonyl (C=O) groups excluding carboxylic acids is 2. The van der Waals surface area contributed by atoms with Gasteiger partial charge in [0, 0.05) is 36.1 Å². The van der Waals surface area contributed by atoms with Gasteiger partial charge in [-0.2, -0.15) is 0 Å². The first kappa shape index (κ1) is 20.8. The predicted molar refractivity (Wildman–Crippen MR) is 113 cm³/mol. The molecule has 0 radical (unpaired) electrons. The first-order valence-corrected chi connectivity index (χ1v) is 9.88. The number of nitrogens with zero attached hydrogens (tertiary/aromatic N) is 2. The predicted octanol–water partition coefficient (Wildman–Crippen LogP) is 2.87. The molecule has 1 fully saturated rings. The molecule has 1 unspecified atom stereocenters. The highest BCUT2D eigenvalue weighted by molar-refractivity contribution is 6.04. The fraction of sp³-hybridized carbons (Fsp3) is 0.409. The van der Waals surface area contributed by atoms with Crippen molar-refractivity contribution in [3.8, 4) is 5.75 Å². The minimum absolute atomic E-state index is 0.138. The van der Waals surface area contributed by atoms with Crippen molar-refractivity contribution >= 4 is 17.5 Å². The van der Waals surface area contributed by atoms with Gasteiger partial charge >= 0.3 is 0 Å². The SMILES string of the molecule is COc1ccnc(C(=O)Nc2cc(C(=O)NCCC3CCCN3C)ccc2C)c1. The van der Waals surface area contributed by atoms with Crippen molar-refractivity contribution in [1.82, 2.24) is 15.2 Å². The molecule has 0 bridgehead atoms. The maximum Gasteiger partial charge on any atom is 0.274 e. The molecule has 1 saturated heterocycles. The Hall–Kier alpha value is -2.93. The molecule has 3 rings (SSSR count). The van der Waals surface area contributed by atoms with Gasteiger partial charge in [0.1, 0.15) is 11.4 Å². The Bertz CT molecular complexity index is 884. The summed E-state index contributed by atoms with van der Waals surface area (Å²) in [5, 5.41) is 5.82. The van der Waals surface area contributed by atoms with Crippen molar-refractivity contribution in [3.63, 3.8) is 0 Å². The summed E-state index contributed by atoms with van der Waals surface area (Å²) in [5.41, 5.74) is 2.22. The largest absolute Gasteiger partial charge is 0.497 e. The number of benzene rings is 1. The van der Waals surface area contributed by atoms with Crippen molar-refractivity contribution in [1.29, 1.82) is 0 Å². The van der Waals surface area contributed by atoms with E-state index in [0.29, 0.717) is 29.6 Å². The lowest BCUT2D eigenvalue weighted by Crippen LogP contribution is -2.31. The number of hydrogen-bond acceptors (Lipinski definition) is 5. The Morgan fingerprint density at radius 2 is 2.07 bits per heavy atom. The molecule has 154 valence electrons. The molecule has 1 atom stereocenters. The second-order valence-electron chi connectivity index (χ2n) is 7.39. The fourth-order valence-corrected chi connectivity index (χ4v) is 3.54. The number of likely N-dealkylation sites (tertiary alicyclic amines) is 1. The van der Waals surface area contributed by atoms with Gasteiger partial charge in [0.25, 0.3) is 11.8 Å². The maximum absolute atomic E-state index is 12.5. The highest BCUT2D eigenvalue weighted by Gasteiger charge is 2.20. The van der Waals surface area contributed by atoms with E-state index in [4.69, 9.17) is 4.74 Å².